The van der Waals surface area contributed by atoms with Gasteiger partial charge < -0.3 is 4.90 Å². The highest BCUT2D eigenvalue weighted by Crippen LogP contribution is 2.63. The summed E-state index contributed by atoms with van der Waals surface area (Å²) in [5, 5.41) is 4.93. The predicted octanol–water partition coefficient (Wildman–Crippen LogP) is 11.8. The zero-order valence-corrected chi connectivity index (χ0v) is 25.2. The molecule has 8 aromatic carbocycles. The Morgan fingerprint density at radius 3 is 1.52 bits per heavy atom. The molecular weight excluding hydrogens is 555 g/mol. The summed E-state index contributed by atoms with van der Waals surface area (Å²) in [7, 11) is 0. The molecule has 0 aliphatic heterocycles. The summed E-state index contributed by atoms with van der Waals surface area (Å²) in [5.74, 6) is 0. The Morgan fingerprint density at radius 2 is 0.826 bits per heavy atom. The van der Waals surface area contributed by atoms with E-state index in [1.165, 1.54) is 71.7 Å². The number of rotatable bonds is 3. The van der Waals surface area contributed by atoms with Crippen LogP contribution in [0.3, 0.4) is 0 Å². The highest BCUT2D eigenvalue weighted by molar-refractivity contribution is 6.01. The molecule has 8 aromatic rings. The summed E-state index contributed by atoms with van der Waals surface area (Å²) < 4.78 is 0. The van der Waals surface area contributed by atoms with Crippen molar-refractivity contribution in [1.82, 2.24) is 0 Å². The average molecular weight is 584 g/mol. The van der Waals surface area contributed by atoms with Gasteiger partial charge in [0, 0.05) is 16.8 Å². The van der Waals surface area contributed by atoms with Gasteiger partial charge in [-0.3, -0.25) is 0 Å². The topological polar surface area (TPSA) is 3.24 Å². The van der Waals surface area contributed by atoms with Crippen LogP contribution in [-0.2, 0) is 5.41 Å². The van der Waals surface area contributed by atoms with Crippen LogP contribution in [0.2, 0.25) is 0 Å². The largest absolute Gasteiger partial charge is 0.310 e. The first-order valence-corrected chi connectivity index (χ1v) is 16.0. The van der Waals surface area contributed by atoms with Crippen LogP contribution < -0.4 is 4.90 Å². The second kappa shape index (κ2) is 9.54. The molecule has 0 heterocycles. The Bertz CT molecular complexity index is 2430. The van der Waals surface area contributed by atoms with Gasteiger partial charge in [-0.1, -0.05) is 146 Å². The summed E-state index contributed by atoms with van der Waals surface area (Å²) in [5.41, 5.74) is 13.8. The van der Waals surface area contributed by atoms with Crippen molar-refractivity contribution in [2.75, 3.05) is 4.90 Å². The zero-order chi connectivity index (χ0) is 30.2. The highest BCUT2D eigenvalue weighted by atomic mass is 15.1. The van der Waals surface area contributed by atoms with Gasteiger partial charge in [0.05, 0.1) is 11.1 Å². The quantitative estimate of drug-likeness (QED) is 0.200. The molecule has 0 radical (unpaired) electrons. The molecule has 0 fully saturated rings. The molecule has 0 saturated heterocycles. The summed E-state index contributed by atoms with van der Waals surface area (Å²) in [6.07, 6.45) is 0. The third-order valence-corrected chi connectivity index (χ3v) is 10.2. The van der Waals surface area contributed by atoms with Crippen molar-refractivity contribution in [3.63, 3.8) is 0 Å². The van der Waals surface area contributed by atoms with Crippen LogP contribution in [0.15, 0.2) is 176 Å². The summed E-state index contributed by atoms with van der Waals surface area (Å²) in [4.78, 5) is 2.46. The van der Waals surface area contributed by atoms with Crippen molar-refractivity contribution in [3.05, 3.63) is 198 Å². The summed E-state index contributed by atoms with van der Waals surface area (Å²) in [6.45, 7) is 0. The minimum Gasteiger partial charge on any atom is -0.310 e. The van der Waals surface area contributed by atoms with E-state index in [4.69, 9.17) is 0 Å². The molecule has 0 unspecified atom stereocenters. The summed E-state index contributed by atoms with van der Waals surface area (Å²) in [6, 6.07) is 65.1. The summed E-state index contributed by atoms with van der Waals surface area (Å²) >= 11 is 0. The number of benzene rings is 8. The molecule has 2 aliphatic carbocycles. The van der Waals surface area contributed by atoms with Crippen LogP contribution in [0, 0.1) is 0 Å². The smallest absolute Gasteiger partial charge is 0.0726 e. The maximum absolute atomic E-state index is 2.48. The molecule has 10 rings (SSSR count). The Kier molecular flexibility index (Phi) is 5.27. The average Bonchev–Trinajstić information content (AvgIpc) is 3.59. The molecule has 1 spiro atoms. The molecule has 1 nitrogen and oxygen atoms in total. The van der Waals surface area contributed by atoms with Crippen LogP contribution in [0.4, 0.5) is 17.1 Å². The van der Waals surface area contributed by atoms with Crippen LogP contribution >= 0.6 is 0 Å². The van der Waals surface area contributed by atoms with Gasteiger partial charge in [0.1, 0.15) is 0 Å². The van der Waals surface area contributed by atoms with Gasteiger partial charge >= 0.3 is 0 Å². The fourth-order valence-electron chi connectivity index (χ4n) is 8.37. The maximum Gasteiger partial charge on any atom is 0.0726 e. The highest BCUT2D eigenvalue weighted by Gasteiger charge is 2.51. The van der Waals surface area contributed by atoms with Crippen LogP contribution in [0.25, 0.3) is 43.8 Å². The number of fused-ring (bicyclic) bond motifs is 12. The fraction of sp³-hybridized carbons (Fsp3) is 0.0222. The molecule has 214 valence electrons. The number of anilines is 3. The third kappa shape index (κ3) is 3.35. The Morgan fingerprint density at radius 1 is 0.326 bits per heavy atom. The molecule has 0 N–H and O–H groups in total. The van der Waals surface area contributed by atoms with Crippen molar-refractivity contribution in [1.29, 1.82) is 0 Å². The van der Waals surface area contributed by atoms with E-state index in [0.717, 1.165) is 11.4 Å². The molecule has 0 bridgehead atoms. The van der Waals surface area contributed by atoms with Crippen molar-refractivity contribution in [2.45, 2.75) is 5.41 Å². The van der Waals surface area contributed by atoms with Gasteiger partial charge in [-0.2, -0.15) is 0 Å². The van der Waals surface area contributed by atoms with Gasteiger partial charge in [-0.05, 0) is 91.0 Å². The van der Waals surface area contributed by atoms with E-state index < -0.39 is 0 Å². The lowest BCUT2D eigenvalue weighted by molar-refractivity contribution is 0.793. The normalized spacial score (nSPS) is 13.4. The van der Waals surface area contributed by atoms with Gasteiger partial charge in [0.2, 0.25) is 0 Å². The lowest BCUT2D eigenvalue weighted by Crippen LogP contribution is -2.26. The Balaban J connectivity index is 1.29. The fourth-order valence-corrected chi connectivity index (χ4v) is 8.37. The SMILES string of the molecule is c1ccc2c(c1)-c1ccccc1C21c2ccccc2-c2ccc(N(c3ccc4ccccc4c3)c3cccc4ccccc34)cc21. The molecule has 0 atom stereocenters. The van der Waals surface area contributed by atoms with Crippen LogP contribution in [0.5, 0.6) is 0 Å². The lowest BCUT2D eigenvalue weighted by Gasteiger charge is -2.32. The standard InChI is InChI=1S/C45H29N/c1-2-14-32-28-33(25-24-30(32)12-1)46(44-23-11-15-31-13-3-4-16-35(31)44)34-26-27-39-38-19-7-10-22-42(38)45(43(39)29-34)40-20-8-5-17-36(40)37-18-6-9-21-41(37)45/h1-29H. The van der Waals surface area contributed by atoms with Crippen molar-refractivity contribution < 1.29 is 0 Å². The number of nitrogens with zero attached hydrogens (tertiary/aromatic N) is 1. The Hall–Kier alpha value is -5.92. The van der Waals surface area contributed by atoms with E-state index in [-0.39, 0.29) is 5.41 Å². The van der Waals surface area contributed by atoms with Crippen molar-refractivity contribution in [3.8, 4) is 22.3 Å². The first-order valence-electron chi connectivity index (χ1n) is 16.0. The second-order valence-corrected chi connectivity index (χ2v) is 12.5. The van der Waals surface area contributed by atoms with E-state index >= 15 is 0 Å². The first-order chi connectivity index (χ1) is 22.8. The molecule has 1 heteroatoms. The van der Waals surface area contributed by atoms with Gasteiger partial charge in [-0.25, -0.2) is 0 Å². The van der Waals surface area contributed by atoms with E-state index in [1.54, 1.807) is 0 Å². The first kappa shape index (κ1) is 25.4. The predicted molar refractivity (Wildman–Crippen MR) is 192 cm³/mol. The van der Waals surface area contributed by atoms with E-state index in [0.29, 0.717) is 0 Å². The van der Waals surface area contributed by atoms with Gasteiger partial charge in [-0.15, -0.1) is 0 Å². The van der Waals surface area contributed by atoms with Crippen LogP contribution in [-0.4, -0.2) is 0 Å². The zero-order valence-electron chi connectivity index (χ0n) is 25.2. The van der Waals surface area contributed by atoms with E-state index in [1.807, 2.05) is 0 Å². The van der Waals surface area contributed by atoms with Gasteiger partial charge in [0.25, 0.3) is 0 Å². The minimum absolute atomic E-state index is 0.386. The second-order valence-electron chi connectivity index (χ2n) is 12.5. The lowest BCUT2D eigenvalue weighted by atomic mass is 9.70. The minimum atomic E-state index is -0.386. The Labute approximate surface area is 268 Å². The number of hydrogen-bond acceptors (Lipinski definition) is 1. The van der Waals surface area contributed by atoms with Crippen molar-refractivity contribution in [2.24, 2.45) is 0 Å². The maximum atomic E-state index is 2.48. The molecule has 0 amide bonds. The van der Waals surface area contributed by atoms with E-state index in [2.05, 4.69) is 181 Å². The molecular formula is C45H29N. The number of hydrogen-bond donors (Lipinski definition) is 0. The van der Waals surface area contributed by atoms with Crippen molar-refractivity contribution >= 4 is 38.6 Å². The molecule has 2 aliphatic rings. The molecule has 0 saturated carbocycles. The molecule has 0 aromatic heterocycles. The van der Waals surface area contributed by atoms with E-state index in [9.17, 15) is 0 Å². The monoisotopic (exact) mass is 583 g/mol. The third-order valence-electron chi connectivity index (χ3n) is 10.2. The van der Waals surface area contributed by atoms with Crippen LogP contribution in [0.1, 0.15) is 22.3 Å². The molecule has 46 heavy (non-hydrogen) atoms. The van der Waals surface area contributed by atoms with Gasteiger partial charge in [0.15, 0.2) is 0 Å².